The van der Waals surface area contributed by atoms with Crippen LogP contribution in [0.4, 0.5) is 0 Å². The Labute approximate surface area is 328 Å². The molecule has 3 aliphatic carbocycles. The monoisotopic (exact) mass is 758 g/mol. The number of unbranched alkanes of at least 4 members (excludes halogenated alkanes) is 4. The summed E-state index contributed by atoms with van der Waals surface area (Å²) in [5.74, 6) is -0.309. The standard InChI is InChI=1S/C46H67N3O6/c1-2-3-5-8-30-11-14-34(42(51)24-30)9-6-4-7-10-40(45(53)54)44(52)35-15-18-41-36(22-32-19-20-48-43(47)25-32)26-37(46(41,55)28-35)27-38-23-33(29-49-38)21-31-12-16-39(50)17-13-31/h11-14,16-17,19,23,25,29-30,34-37,40-42,44,48-52,55H,2-10,15,18,20-22,24,26-28,47H2,1H3,(H,53,54)/t30-,34-,35+,36+,37-,40+,41-,42-,44-,46-/m1/s1. The third kappa shape index (κ3) is 10.7. The van der Waals surface area contributed by atoms with Gasteiger partial charge in [-0.05, 0) is 141 Å². The summed E-state index contributed by atoms with van der Waals surface area (Å²) in [6.07, 6.45) is 23.8. The number of aromatic amines is 1. The minimum atomic E-state index is -1.02. The number of benzene rings is 1. The number of carboxylic acid groups (broad SMARTS) is 1. The number of carboxylic acids is 1. The summed E-state index contributed by atoms with van der Waals surface area (Å²) in [5, 5.41) is 58.5. The molecule has 0 saturated heterocycles. The smallest absolute Gasteiger partial charge is 0.309 e. The fraction of sp³-hybridized carbons (Fsp3) is 0.630. The third-order valence-electron chi connectivity index (χ3n) is 13.7. The van der Waals surface area contributed by atoms with Crippen molar-refractivity contribution in [3.05, 3.63) is 89.0 Å². The molecule has 1 aromatic heterocycles. The average Bonchev–Trinajstić information content (AvgIpc) is 3.71. The Hall–Kier alpha value is -3.53. The molecule has 9 heteroatoms. The molecule has 302 valence electrons. The van der Waals surface area contributed by atoms with Crippen LogP contribution in [-0.2, 0) is 17.6 Å². The van der Waals surface area contributed by atoms with Crippen molar-refractivity contribution in [1.82, 2.24) is 10.3 Å². The van der Waals surface area contributed by atoms with E-state index in [1.807, 2.05) is 24.4 Å². The van der Waals surface area contributed by atoms with Crippen molar-refractivity contribution in [2.24, 2.45) is 47.2 Å². The summed E-state index contributed by atoms with van der Waals surface area (Å²) < 4.78 is 0. The molecule has 6 rings (SSSR count). The Morgan fingerprint density at radius 2 is 1.80 bits per heavy atom. The van der Waals surface area contributed by atoms with Gasteiger partial charge in [-0.25, -0.2) is 0 Å². The first kappa shape index (κ1) is 41.1. The highest BCUT2D eigenvalue weighted by molar-refractivity contribution is 5.70. The van der Waals surface area contributed by atoms with E-state index < -0.39 is 23.6 Å². The van der Waals surface area contributed by atoms with Crippen molar-refractivity contribution in [2.75, 3.05) is 6.54 Å². The summed E-state index contributed by atoms with van der Waals surface area (Å²) in [4.78, 5) is 16.1. The van der Waals surface area contributed by atoms with Gasteiger partial charge in [-0.15, -0.1) is 0 Å². The lowest BCUT2D eigenvalue weighted by atomic mass is 9.64. The van der Waals surface area contributed by atoms with Crippen molar-refractivity contribution in [1.29, 1.82) is 0 Å². The Morgan fingerprint density at radius 1 is 1.00 bits per heavy atom. The molecule has 1 aliphatic heterocycles. The summed E-state index contributed by atoms with van der Waals surface area (Å²) in [6.45, 7) is 2.91. The number of aromatic nitrogens is 1. The van der Waals surface area contributed by atoms with Gasteiger partial charge in [-0.3, -0.25) is 4.79 Å². The van der Waals surface area contributed by atoms with Crippen molar-refractivity contribution >= 4 is 5.97 Å². The quantitative estimate of drug-likeness (QED) is 0.0538. The molecule has 9 N–H and O–H groups in total. The Morgan fingerprint density at radius 3 is 2.55 bits per heavy atom. The molecule has 0 radical (unpaired) electrons. The molecule has 2 saturated carbocycles. The van der Waals surface area contributed by atoms with Crippen LogP contribution in [0.3, 0.4) is 0 Å². The van der Waals surface area contributed by atoms with Crippen LogP contribution < -0.4 is 11.1 Å². The van der Waals surface area contributed by atoms with Crippen LogP contribution in [0.25, 0.3) is 0 Å². The second-order valence-electron chi connectivity index (χ2n) is 17.6. The minimum absolute atomic E-state index is 0.0413. The first-order valence-electron chi connectivity index (χ1n) is 21.4. The number of fused-ring (bicyclic) bond motifs is 1. The summed E-state index contributed by atoms with van der Waals surface area (Å²) in [5.41, 5.74) is 9.59. The van der Waals surface area contributed by atoms with E-state index >= 15 is 0 Å². The number of aliphatic hydroxyl groups is 3. The second kappa shape index (κ2) is 19.1. The van der Waals surface area contributed by atoms with Crippen LogP contribution in [0.1, 0.15) is 120 Å². The molecule has 10 atom stereocenters. The maximum absolute atomic E-state index is 12.8. The number of rotatable bonds is 19. The van der Waals surface area contributed by atoms with E-state index in [2.05, 4.69) is 41.5 Å². The highest BCUT2D eigenvalue weighted by Crippen LogP contribution is 2.57. The lowest BCUT2D eigenvalue weighted by Crippen LogP contribution is -2.50. The predicted octanol–water partition coefficient (Wildman–Crippen LogP) is 7.50. The summed E-state index contributed by atoms with van der Waals surface area (Å²) in [7, 11) is 0. The van der Waals surface area contributed by atoms with Crippen LogP contribution in [0.15, 0.2) is 72.2 Å². The fourth-order valence-electron chi connectivity index (χ4n) is 10.7. The average molecular weight is 758 g/mol. The van der Waals surface area contributed by atoms with E-state index in [1.165, 1.54) is 24.8 Å². The lowest BCUT2D eigenvalue weighted by molar-refractivity contribution is -0.152. The lowest BCUT2D eigenvalue weighted by Gasteiger charge is -2.45. The van der Waals surface area contributed by atoms with Gasteiger partial charge in [0, 0.05) is 24.4 Å². The van der Waals surface area contributed by atoms with E-state index in [4.69, 9.17) is 5.73 Å². The molecule has 0 unspecified atom stereocenters. The number of carbonyl (C=O) groups is 1. The number of allylic oxidation sites excluding steroid dienone is 3. The zero-order valence-corrected chi connectivity index (χ0v) is 32.9. The zero-order chi connectivity index (χ0) is 39.0. The van der Waals surface area contributed by atoms with Gasteiger partial charge in [-0.1, -0.05) is 75.8 Å². The van der Waals surface area contributed by atoms with E-state index in [9.17, 15) is 30.3 Å². The van der Waals surface area contributed by atoms with Crippen LogP contribution >= 0.6 is 0 Å². The molecule has 0 spiro atoms. The van der Waals surface area contributed by atoms with E-state index in [0.29, 0.717) is 50.4 Å². The van der Waals surface area contributed by atoms with Crippen LogP contribution in [0.2, 0.25) is 0 Å². The van der Waals surface area contributed by atoms with Gasteiger partial charge in [0.2, 0.25) is 0 Å². The number of aromatic hydroxyl groups is 1. The number of aliphatic carboxylic acids is 1. The number of hydrogen-bond donors (Lipinski definition) is 8. The fourth-order valence-corrected chi connectivity index (χ4v) is 10.7. The Kier molecular flexibility index (Phi) is 14.3. The molecule has 55 heavy (non-hydrogen) atoms. The molecule has 4 aliphatic rings. The number of nitrogens with one attached hydrogen (secondary N) is 2. The largest absolute Gasteiger partial charge is 0.508 e. The molecular formula is C46H67N3O6. The normalized spacial score (nSPS) is 30.2. The number of aliphatic hydroxyl groups excluding tert-OH is 2. The zero-order valence-electron chi connectivity index (χ0n) is 32.9. The maximum atomic E-state index is 12.8. The van der Waals surface area contributed by atoms with E-state index in [1.54, 1.807) is 12.1 Å². The van der Waals surface area contributed by atoms with Crippen molar-refractivity contribution in [3.8, 4) is 5.75 Å². The van der Waals surface area contributed by atoms with Crippen LogP contribution in [0.5, 0.6) is 5.75 Å². The molecule has 2 fully saturated rings. The first-order chi connectivity index (χ1) is 26.5. The summed E-state index contributed by atoms with van der Waals surface area (Å²) >= 11 is 0. The molecule has 0 bridgehead atoms. The molecule has 1 aromatic carbocycles. The topological polar surface area (TPSA) is 172 Å². The Balaban J connectivity index is 1.07. The van der Waals surface area contributed by atoms with Gasteiger partial charge in [0.25, 0.3) is 0 Å². The van der Waals surface area contributed by atoms with Crippen molar-refractivity contribution < 1.29 is 30.3 Å². The first-order valence-corrected chi connectivity index (χ1v) is 21.4. The maximum Gasteiger partial charge on any atom is 0.309 e. The van der Waals surface area contributed by atoms with Gasteiger partial charge in [-0.2, -0.15) is 0 Å². The van der Waals surface area contributed by atoms with Crippen LogP contribution in [-0.4, -0.2) is 60.8 Å². The highest BCUT2D eigenvalue weighted by atomic mass is 16.4. The van der Waals surface area contributed by atoms with Gasteiger partial charge in [0.1, 0.15) is 5.75 Å². The van der Waals surface area contributed by atoms with Gasteiger partial charge in [0.15, 0.2) is 0 Å². The number of phenolic OH excluding ortho intramolecular Hbond substituents is 1. The van der Waals surface area contributed by atoms with Gasteiger partial charge in [0.05, 0.1) is 29.5 Å². The molecule has 0 amide bonds. The van der Waals surface area contributed by atoms with Gasteiger partial charge >= 0.3 is 5.97 Å². The van der Waals surface area contributed by atoms with E-state index in [0.717, 1.165) is 74.6 Å². The third-order valence-corrected chi connectivity index (χ3v) is 13.7. The number of hydrogen-bond acceptors (Lipinski definition) is 7. The predicted molar refractivity (Wildman–Crippen MR) is 217 cm³/mol. The van der Waals surface area contributed by atoms with E-state index in [-0.39, 0.29) is 41.4 Å². The highest BCUT2D eigenvalue weighted by Gasteiger charge is 2.57. The molecule has 2 aromatic rings. The second-order valence-corrected chi connectivity index (χ2v) is 17.6. The molecule has 2 heterocycles. The summed E-state index contributed by atoms with van der Waals surface area (Å²) in [6, 6.07) is 9.42. The number of nitrogens with two attached hydrogens (primary N) is 1. The van der Waals surface area contributed by atoms with Crippen molar-refractivity contribution in [3.63, 3.8) is 0 Å². The SMILES string of the molecule is CCCCC[C@@H]1C=C[C@@H](CCCCC[C@H](C(=O)O)[C@H](O)[C@H]2CC[C@@H]3[C@@H](CC4=CCNC(N)=C4)C[C@H](Cc4cc(Cc5ccc(O)cc5)c[nH]4)[C@]3(O)C2)[C@H](O)C1. The molecule has 9 nitrogen and oxygen atoms in total. The Bertz CT molecular complexity index is 1630. The van der Waals surface area contributed by atoms with Gasteiger partial charge < -0.3 is 41.6 Å². The molecular weight excluding hydrogens is 691 g/mol. The number of H-pyrrole nitrogens is 1. The van der Waals surface area contributed by atoms with Crippen LogP contribution in [0, 0.1) is 41.4 Å². The van der Waals surface area contributed by atoms with Crippen molar-refractivity contribution in [2.45, 2.75) is 134 Å². The number of dihydropyridines is 1. The minimum Gasteiger partial charge on any atom is -0.508 e. The number of phenols is 1.